The maximum atomic E-state index is 5.09. The Labute approximate surface area is 226 Å². The second kappa shape index (κ2) is 35.6. The van der Waals surface area contributed by atoms with Crippen molar-refractivity contribution in [3.8, 4) is 0 Å². The molecule has 3 nitrogen and oxygen atoms in total. The standard InChI is InChI=1S/C18H18.C6H9.3C2H6N.Ti/c1(5-11-17-13-7-3-8-14-17)2-6-12-18-15-9-4-10-16-18;1-4-6(3)5-2;3*1-3-2;/h1-10,13-16H,11-12H2;1,4-5H,2-3H3;3*1-2H3;/q;4*-1;+4. The third kappa shape index (κ3) is 34.6. The van der Waals surface area contributed by atoms with E-state index in [0.29, 0.717) is 0 Å². The number of benzene rings is 2. The van der Waals surface area contributed by atoms with Crippen molar-refractivity contribution in [1.82, 2.24) is 0 Å². The first-order chi connectivity index (χ1) is 16.0. The zero-order valence-electron chi connectivity index (χ0n) is 22.6. The monoisotopic (exact) mass is 495 g/mol. The van der Waals surface area contributed by atoms with Gasteiger partial charge in [0.05, 0.1) is 0 Å². The molecule has 0 heterocycles. The molecule has 0 amide bonds. The van der Waals surface area contributed by atoms with Gasteiger partial charge in [0, 0.05) is 0 Å². The van der Waals surface area contributed by atoms with Gasteiger partial charge >= 0.3 is 21.7 Å². The fourth-order valence-electron chi connectivity index (χ4n) is 1.89. The Bertz CT molecular complexity index is 654. The van der Waals surface area contributed by atoms with Crippen molar-refractivity contribution in [3.63, 3.8) is 0 Å². The molecule has 0 bridgehead atoms. The van der Waals surface area contributed by atoms with Gasteiger partial charge in [-0.05, 0) is 24.0 Å². The smallest absolute Gasteiger partial charge is 0.668 e. The number of rotatable bonds is 6. The second-order valence-electron chi connectivity index (χ2n) is 6.78. The fourth-order valence-corrected chi connectivity index (χ4v) is 1.89. The Morgan fingerprint density at radius 1 is 0.676 bits per heavy atom. The molecule has 4 heteroatoms. The molecule has 0 unspecified atom stereocenters. The van der Waals surface area contributed by atoms with Gasteiger partial charge in [0.25, 0.3) is 0 Å². The summed E-state index contributed by atoms with van der Waals surface area (Å²) in [5.41, 5.74) is 3.82. The van der Waals surface area contributed by atoms with E-state index in [9.17, 15) is 0 Å². The summed E-state index contributed by atoms with van der Waals surface area (Å²) in [5.74, 6) is 0. The zero-order chi connectivity index (χ0) is 25.6. The minimum absolute atomic E-state index is 0. The van der Waals surface area contributed by atoms with Crippen LogP contribution in [0.4, 0.5) is 0 Å². The van der Waals surface area contributed by atoms with Crippen molar-refractivity contribution in [1.29, 1.82) is 0 Å². The van der Waals surface area contributed by atoms with Crippen molar-refractivity contribution in [2.45, 2.75) is 26.7 Å². The van der Waals surface area contributed by atoms with Gasteiger partial charge in [-0.15, -0.1) is 6.92 Å². The Morgan fingerprint density at radius 3 is 1.18 bits per heavy atom. The van der Waals surface area contributed by atoms with Crippen molar-refractivity contribution in [3.05, 3.63) is 136 Å². The Kier molecular flexibility index (Phi) is 41.0. The van der Waals surface area contributed by atoms with Crippen LogP contribution in [-0.4, -0.2) is 42.3 Å². The molecule has 0 spiro atoms. The van der Waals surface area contributed by atoms with Gasteiger partial charge in [0.1, 0.15) is 0 Å². The maximum Gasteiger partial charge on any atom is 4.00 e. The van der Waals surface area contributed by atoms with Crippen LogP contribution >= 0.6 is 0 Å². The van der Waals surface area contributed by atoms with E-state index < -0.39 is 0 Å². The quantitative estimate of drug-likeness (QED) is 0.219. The van der Waals surface area contributed by atoms with Gasteiger partial charge in [-0.1, -0.05) is 91.9 Å². The molecule has 0 aromatic heterocycles. The molecule has 0 aliphatic heterocycles. The van der Waals surface area contributed by atoms with E-state index in [1.54, 1.807) is 48.4 Å². The molecule has 0 saturated carbocycles. The van der Waals surface area contributed by atoms with Gasteiger partial charge in [0.2, 0.25) is 0 Å². The zero-order valence-corrected chi connectivity index (χ0v) is 24.1. The summed E-state index contributed by atoms with van der Waals surface area (Å²) in [7, 11) is 10.5. The molecule has 0 N–H and O–H groups in total. The van der Waals surface area contributed by atoms with E-state index in [1.165, 1.54) is 11.1 Å². The third-order valence-electron chi connectivity index (χ3n) is 3.49. The van der Waals surface area contributed by atoms with E-state index in [0.717, 1.165) is 18.4 Å². The van der Waals surface area contributed by atoms with Crippen LogP contribution in [-0.2, 0) is 34.6 Å². The van der Waals surface area contributed by atoms with Gasteiger partial charge in [-0.25, -0.2) is 11.6 Å². The predicted octanol–water partition coefficient (Wildman–Crippen LogP) is 8.38. The number of hydrogen-bond acceptors (Lipinski definition) is 0. The molecule has 2 aromatic rings. The number of allylic oxidation sites excluding steroid dienone is 7. The first-order valence-corrected chi connectivity index (χ1v) is 11.0. The largest absolute Gasteiger partial charge is 4.00 e. The molecule has 2 aromatic carbocycles. The normalized spacial score (nSPS) is 9.59. The van der Waals surface area contributed by atoms with Gasteiger partial charge < -0.3 is 16.0 Å². The molecule has 0 aliphatic carbocycles. The van der Waals surface area contributed by atoms with Crippen LogP contribution in [0.5, 0.6) is 0 Å². The number of hydrogen-bond donors (Lipinski definition) is 0. The molecule has 34 heavy (non-hydrogen) atoms. The SMILES string of the molecule is C(C=CCc1ccccc1)=CCc1ccccc1.C[N-]C.C[N-]C.C[N-]C.[CH-]=CC(C)=CC.[Ti+4]. The van der Waals surface area contributed by atoms with Crippen LogP contribution in [0.25, 0.3) is 16.0 Å². The molecule has 0 saturated heterocycles. The molecule has 0 radical (unpaired) electrons. The average molecular weight is 496 g/mol. The van der Waals surface area contributed by atoms with Crippen molar-refractivity contribution < 1.29 is 21.7 Å². The molecule has 0 fully saturated rings. The van der Waals surface area contributed by atoms with Crippen LogP contribution in [0.3, 0.4) is 0 Å². The minimum Gasteiger partial charge on any atom is -0.668 e. The van der Waals surface area contributed by atoms with Crippen LogP contribution in [0, 0.1) is 6.58 Å². The van der Waals surface area contributed by atoms with E-state index in [1.807, 2.05) is 32.1 Å². The third-order valence-corrected chi connectivity index (χ3v) is 3.49. The van der Waals surface area contributed by atoms with Crippen molar-refractivity contribution in [2.24, 2.45) is 0 Å². The first-order valence-electron chi connectivity index (χ1n) is 11.0. The molecule has 184 valence electrons. The maximum absolute atomic E-state index is 5.09. The Hall–Kier alpha value is -2.01. The van der Waals surface area contributed by atoms with Gasteiger partial charge in [0.15, 0.2) is 0 Å². The van der Waals surface area contributed by atoms with Crippen molar-refractivity contribution >= 4 is 0 Å². The predicted molar refractivity (Wildman–Crippen MR) is 152 cm³/mol. The second-order valence-corrected chi connectivity index (χ2v) is 6.78. The Balaban J connectivity index is -0.000000234. The van der Waals surface area contributed by atoms with E-state index in [4.69, 9.17) is 6.58 Å². The summed E-state index contributed by atoms with van der Waals surface area (Å²) < 4.78 is 0. The van der Waals surface area contributed by atoms with E-state index in [2.05, 4.69) is 88.8 Å². The van der Waals surface area contributed by atoms with E-state index in [-0.39, 0.29) is 21.7 Å². The fraction of sp³-hybridized carbons (Fsp3) is 0.333. The summed E-state index contributed by atoms with van der Waals surface area (Å²) in [6.45, 7) is 9.00. The van der Waals surface area contributed by atoms with Crippen LogP contribution in [0.1, 0.15) is 25.0 Å². The first kappa shape index (κ1) is 39.2. The van der Waals surface area contributed by atoms with Crippen LogP contribution < -0.4 is 0 Å². The molecular weight excluding hydrogens is 450 g/mol. The average Bonchev–Trinajstić information content (AvgIpc) is 2.84. The summed E-state index contributed by atoms with van der Waals surface area (Å²) in [5, 5.41) is 10.5. The van der Waals surface area contributed by atoms with Crippen LogP contribution in [0.15, 0.2) is 103 Å². The topological polar surface area (TPSA) is 42.3 Å². The van der Waals surface area contributed by atoms with E-state index >= 15 is 0 Å². The molecule has 0 aliphatic rings. The van der Waals surface area contributed by atoms with Crippen molar-refractivity contribution in [2.75, 3.05) is 42.3 Å². The van der Waals surface area contributed by atoms with Crippen LogP contribution in [0.2, 0.25) is 0 Å². The minimum atomic E-state index is 0. The number of nitrogens with zero attached hydrogens (tertiary/aromatic N) is 3. The summed E-state index contributed by atoms with van der Waals surface area (Å²) >= 11 is 0. The molecular formula is C30H45N3Ti. The molecule has 0 atom stereocenters. The van der Waals surface area contributed by atoms with Gasteiger partial charge in [-0.2, -0.15) is 48.4 Å². The summed E-state index contributed by atoms with van der Waals surface area (Å²) in [6, 6.07) is 21.0. The summed E-state index contributed by atoms with van der Waals surface area (Å²) in [6.07, 6.45) is 14.2. The van der Waals surface area contributed by atoms with Gasteiger partial charge in [-0.3, -0.25) is 6.58 Å². The Morgan fingerprint density at radius 2 is 0.971 bits per heavy atom. The summed E-state index contributed by atoms with van der Waals surface area (Å²) in [4.78, 5) is 0. The molecule has 2 rings (SSSR count).